The predicted molar refractivity (Wildman–Crippen MR) is 103 cm³/mol. The summed E-state index contributed by atoms with van der Waals surface area (Å²) in [6.07, 6.45) is 1.89. The highest BCUT2D eigenvalue weighted by Gasteiger charge is 2.18. The quantitative estimate of drug-likeness (QED) is 0.536. The number of hydrogen-bond acceptors (Lipinski definition) is 6. The molecule has 0 aliphatic carbocycles. The molecule has 2 aromatic carbocycles. The number of carbonyl (C=O) groups is 2. The smallest absolute Gasteiger partial charge is 0.349 e. The molecule has 28 heavy (non-hydrogen) atoms. The standard InChI is InChI=1S/C22H24O6/c1-15-10-16(2)12-20(11-15)26-14-21(23)28-18-7-5-17(6-8-18)22(24)27-13-19-4-3-9-25-19/h5-8,10-12,19H,3-4,9,13-14H2,1-2H3. The average molecular weight is 384 g/mol. The summed E-state index contributed by atoms with van der Waals surface area (Å²) >= 11 is 0. The van der Waals surface area contributed by atoms with Crippen LogP contribution in [0.5, 0.6) is 11.5 Å². The van der Waals surface area contributed by atoms with Crippen molar-refractivity contribution >= 4 is 11.9 Å². The van der Waals surface area contributed by atoms with E-state index in [9.17, 15) is 9.59 Å². The zero-order valence-electron chi connectivity index (χ0n) is 16.1. The molecule has 0 N–H and O–H groups in total. The Morgan fingerprint density at radius 1 is 1.04 bits per heavy atom. The molecule has 0 spiro atoms. The SMILES string of the molecule is Cc1cc(C)cc(OCC(=O)Oc2ccc(C(=O)OCC3CCCO3)cc2)c1. The molecule has 3 rings (SSSR count). The number of carbonyl (C=O) groups excluding carboxylic acids is 2. The Bertz CT molecular complexity index is 801. The summed E-state index contributed by atoms with van der Waals surface area (Å²) in [7, 11) is 0. The van der Waals surface area contributed by atoms with Gasteiger partial charge in [-0.1, -0.05) is 6.07 Å². The highest BCUT2D eigenvalue weighted by molar-refractivity contribution is 5.89. The molecule has 0 aromatic heterocycles. The molecule has 1 heterocycles. The lowest BCUT2D eigenvalue weighted by Crippen LogP contribution is -2.18. The van der Waals surface area contributed by atoms with E-state index >= 15 is 0 Å². The van der Waals surface area contributed by atoms with Gasteiger partial charge in [0.25, 0.3) is 0 Å². The molecule has 0 bridgehead atoms. The van der Waals surface area contributed by atoms with Crippen LogP contribution in [0.3, 0.4) is 0 Å². The predicted octanol–water partition coefficient (Wildman–Crippen LogP) is 3.62. The van der Waals surface area contributed by atoms with Crippen LogP contribution in [0.4, 0.5) is 0 Å². The maximum absolute atomic E-state index is 12.0. The van der Waals surface area contributed by atoms with Gasteiger partial charge in [-0.3, -0.25) is 0 Å². The number of esters is 2. The zero-order valence-corrected chi connectivity index (χ0v) is 16.1. The van der Waals surface area contributed by atoms with Crippen LogP contribution in [-0.4, -0.2) is 37.9 Å². The summed E-state index contributed by atoms with van der Waals surface area (Å²) in [5, 5.41) is 0. The van der Waals surface area contributed by atoms with Crippen LogP contribution < -0.4 is 9.47 Å². The van der Waals surface area contributed by atoms with Crippen molar-refractivity contribution in [2.24, 2.45) is 0 Å². The van der Waals surface area contributed by atoms with Crippen molar-refractivity contribution in [3.8, 4) is 11.5 Å². The molecule has 1 aliphatic heterocycles. The highest BCUT2D eigenvalue weighted by atomic mass is 16.6. The third-order valence-corrected chi connectivity index (χ3v) is 4.30. The molecule has 6 nitrogen and oxygen atoms in total. The number of benzene rings is 2. The number of ether oxygens (including phenoxy) is 4. The van der Waals surface area contributed by atoms with Crippen molar-refractivity contribution in [1.82, 2.24) is 0 Å². The Kier molecular flexibility index (Phi) is 6.66. The summed E-state index contributed by atoms with van der Waals surface area (Å²) in [6.45, 7) is 4.70. The molecule has 2 aromatic rings. The monoisotopic (exact) mass is 384 g/mol. The van der Waals surface area contributed by atoms with Gasteiger partial charge in [0.05, 0.1) is 11.7 Å². The Hall–Kier alpha value is -2.86. The molecule has 1 atom stereocenters. The Labute approximate surface area is 164 Å². The highest BCUT2D eigenvalue weighted by Crippen LogP contribution is 2.18. The third kappa shape index (κ3) is 5.82. The normalized spacial score (nSPS) is 15.9. The second-order valence-corrected chi connectivity index (χ2v) is 6.84. The zero-order chi connectivity index (χ0) is 19.9. The van der Waals surface area contributed by atoms with Crippen LogP contribution in [-0.2, 0) is 14.3 Å². The van der Waals surface area contributed by atoms with Crippen molar-refractivity contribution in [3.63, 3.8) is 0 Å². The maximum atomic E-state index is 12.0. The minimum absolute atomic E-state index is 0.0126. The van der Waals surface area contributed by atoms with Gasteiger partial charge in [0.15, 0.2) is 6.61 Å². The maximum Gasteiger partial charge on any atom is 0.349 e. The molecule has 0 radical (unpaired) electrons. The Morgan fingerprint density at radius 3 is 2.39 bits per heavy atom. The van der Waals surface area contributed by atoms with Gasteiger partial charge < -0.3 is 18.9 Å². The minimum Gasteiger partial charge on any atom is -0.482 e. The van der Waals surface area contributed by atoms with Gasteiger partial charge in [0.2, 0.25) is 0 Å². The number of aryl methyl sites for hydroxylation is 2. The lowest BCUT2D eigenvalue weighted by atomic mass is 10.1. The van der Waals surface area contributed by atoms with Crippen molar-refractivity contribution in [2.45, 2.75) is 32.8 Å². The Balaban J connectivity index is 1.46. The molecule has 6 heteroatoms. The van der Waals surface area contributed by atoms with Crippen LogP contribution in [0.15, 0.2) is 42.5 Å². The third-order valence-electron chi connectivity index (χ3n) is 4.30. The van der Waals surface area contributed by atoms with E-state index in [1.165, 1.54) is 0 Å². The topological polar surface area (TPSA) is 71.1 Å². The van der Waals surface area contributed by atoms with Gasteiger partial charge in [-0.25, -0.2) is 9.59 Å². The molecule has 1 aliphatic rings. The molecule has 1 unspecified atom stereocenters. The first-order chi connectivity index (χ1) is 13.5. The second kappa shape index (κ2) is 9.37. The summed E-state index contributed by atoms with van der Waals surface area (Å²) in [6, 6.07) is 12.0. The van der Waals surface area contributed by atoms with Crippen molar-refractivity contribution in [3.05, 3.63) is 59.2 Å². The molecular formula is C22H24O6. The summed E-state index contributed by atoms with van der Waals surface area (Å²) in [5.74, 6) is 0.0166. The van der Waals surface area contributed by atoms with Crippen molar-refractivity contribution in [1.29, 1.82) is 0 Å². The van der Waals surface area contributed by atoms with E-state index in [-0.39, 0.29) is 19.3 Å². The largest absolute Gasteiger partial charge is 0.482 e. The van der Waals surface area contributed by atoms with E-state index in [0.717, 1.165) is 30.6 Å². The van der Waals surface area contributed by atoms with Crippen LogP contribution in [0.1, 0.15) is 34.3 Å². The van der Waals surface area contributed by atoms with Gasteiger partial charge >= 0.3 is 11.9 Å². The van der Waals surface area contributed by atoms with Crippen molar-refractivity contribution < 1.29 is 28.5 Å². The first kappa shape index (κ1) is 19.9. The minimum atomic E-state index is -0.520. The summed E-state index contributed by atoms with van der Waals surface area (Å²) in [5.41, 5.74) is 2.51. The lowest BCUT2D eigenvalue weighted by molar-refractivity contribution is -0.136. The summed E-state index contributed by atoms with van der Waals surface area (Å²) in [4.78, 5) is 24.0. The van der Waals surface area contributed by atoms with Crippen LogP contribution in [0.2, 0.25) is 0 Å². The van der Waals surface area contributed by atoms with E-state index in [1.807, 2.05) is 32.0 Å². The molecular weight excluding hydrogens is 360 g/mol. The van der Waals surface area contributed by atoms with Gasteiger partial charge in [-0.05, 0) is 74.2 Å². The summed E-state index contributed by atoms with van der Waals surface area (Å²) < 4.78 is 21.4. The molecule has 148 valence electrons. The van der Waals surface area contributed by atoms with Gasteiger partial charge in [0, 0.05) is 6.61 Å². The Morgan fingerprint density at radius 2 is 1.75 bits per heavy atom. The van der Waals surface area contributed by atoms with E-state index in [2.05, 4.69) is 0 Å². The fraction of sp³-hybridized carbons (Fsp3) is 0.364. The van der Waals surface area contributed by atoms with Gasteiger partial charge in [-0.2, -0.15) is 0 Å². The van der Waals surface area contributed by atoms with Gasteiger partial charge in [0.1, 0.15) is 18.1 Å². The average Bonchev–Trinajstić information content (AvgIpc) is 3.18. The molecule has 1 saturated heterocycles. The van der Waals surface area contributed by atoms with E-state index in [4.69, 9.17) is 18.9 Å². The van der Waals surface area contributed by atoms with Crippen LogP contribution >= 0.6 is 0 Å². The number of rotatable bonds is 7. The van der Waals surface area contributed by atoms with E-state index in [0.29, 0.717) is 17.1 Å². The fourth-order valence-electron chi connectivity index (χ4n) is 3.01. The molecule has 0 amide bonds. The lowest BCUT2D eigenvalue weighted by Gasteiger charge is -2.11. The van der Waals surface area contributed by atoms with Crippen LogP contribution in [0.25, 0.3) is 0 Å². The number of hydrogen-bond donors (Lipinski definition) is 0. The first-order valence-electron chi connectivity index (χ1n) is 9.30. The van der Waals surface area contributed by atoms with E-state index in [1.54, 1.807) is 24.3 Å². The van der Waals surface area contributed by atoms with Gasteiger partial charge in [-0.15, -0.1) is 0 Å². The van der Waals surface area contributed by atoms with Crippen LogP contribution in [0, 0.1) is 13.8 Å². The fourth-order valence-corrected chi connectivity index (χ4v) is 3.01. The van der Waals surface area contributed by atoms with E-state index < -0.39 is 11.9 Å². The molecule has 1 fully saturated rings. The second-order valence-electron chi connectivity index (χ2n) is 6.84. The van der Waals surface area contributed by atoms with Crippen molar-refractivity contribution in [2.75, 3.05) is 19.8 Å². The first-order valence-corrected chi connectivity index (χ1v) is 9.30. The molecule has 0 saturated carbocycles.